The van der Waals surface area contributed by atoms with Crippen molar-refractivity contribution in [3.63, 3.8) is 0 Å². The molecule has 1 aromatic heterocycles. The number of hydrogen-bond donors (Lipinski definition) is 4. The van der Waals surface area contributed by atoms with Crippen LogP contribution in [0.3, 0.4) is 0 Å². The highest BCUT2D eigenvalue weighted by Gasteiger charge is 2.19. The molecule has 0 aliphatic heterocycles. The lowest BCUT2D eigenvalue weighted by Gasteiger charge is -2.18. The molecule has 2 atom stereocenters. The number of carbonyl (C=O) groups is 1. The van der Waals surface area contributed by atoms with Crippen molar-refractivity contribution in [3.8, 4) is 28.6 Å². The van der Waals surface area contributed by atoms with E-state index in [0.29, 0.717) is 23.9 Å². The first-order chi connectivity index (χ1) is 18.7. The summed E-state index contributed by atoms with van der Waals surface area (Å²) in [5.41, 5.74) is 11.0. The van der Waals surface area contributed by atoms with Crippen LogP contribution in [-0.2, 0) is 24.2 Å². The average Bonchev–Trinajstić information content (AvgIpc) is 3.40. The van der Waals surface area contributed by atoms with E-state index in [1.165, 1.54) is 11.1 Å². The van der Waals surface area contributed by atoms with Crippen LogP contribution in [0.1, 0.15) is 68.7 Å². The quantitative estimate of drug-likeness (QED) is 0.200. The lowest BCUT2D eigenvalue weighted by molar-refractivity contribution is -0.127. The number of aliphatic hydroxyl groups is 2. The Morgan fingerprint density at radius 3 is 2.54 bits per heavy atom. The van der Waals surface area contributed by atoms with Gasteiger partial charge in [0, 0.05) is 24.1 Å². The summed E-state index contributed by atoms with van der Waals surface area (Å²) >= 11 is 0. The zero-order valence-electron chi connectivity index (χ0n) is 23.5. The molecule has 0 saturated heterocycles. The molecule has 0 bridgehead atoms. The molecule has 0 aliphatic carbocycles. The molecule has 0 radical (unpaired) electrons. The fraction of sp³-hybridized carbons (Fsp3) is 0.500. The Balaban J connectivity index is 1.80. The first kappa shape index (κ1) is 30.3. The van der Waals surface area contributed by atoms with Crippen LogP contribution in [-0.4, -0.2) is 51.6 Å². The molecule has 5 N–H and O–H groups in total. The maximum Gasteiger partial charge on any atom is 0.258 e. The molecule has 39 heavy (non-hydrogen) atoms. The van der Waals surface area contributed by atoms with Gasteiger partial charge in [-0.2, -0.15) is 4.98 Å². The Labute approximate surface area is 230 Å². The molecule has 1 unspecified atom stereocenters. The zero-order valence-corrected chi connectivity index (χ0v) is 23.5. The fourth-order valence-electron chi connectivity index (χ4n) is 4.48. The van der Waals surface area contributed by atoms with Crippen LogP contribution in [0.25, 0.3) is 22.8 Å². The Morgan fingerprint density at radius 2 is 1.85 bits per heavy atom. The number of unbranched alkanes of at least 4 members (excludes halogenated alkanes) is 1. The van der Waals surface area contributed by atoms with E-state index in [0.717, 1.165) is 61.0 Å². The monoisotopic (exact) mass is 538 g/mol. The summed E-state index contributed by atoms with van der Waals surface area (Å²) in [5.74, 6) is 0.734. The number of benzene rings is 2. The number of nitrogens with zero attached hydrogens (tertiary/aromatic N) is 2. The van der Waals surface area contributed by atoms with Crippen molar-refractivity contribution in [2.45, 2.75) is 85.0 Å². The minimum Gasteiger partial charge on any atom is -0.490 e. The van der Waals surface area contributed by atoms with Crippen molar-refractivity contribution in [1.29, 1.82) is 0 Å². The van der Waals surface area contributed by atoms with Gasteiger partial charge in [-0.1, -0.05) is 44.8 Å². The van der Waals surface area contributed by atoms with E-state index in [4.69, 9.17) is 20.0 Å². The molecule has 0 fully saturated rings. The summed E-state index contributed by atoms with van der Waals surface area (Å²) in [6.07, 6.45) is 2.39. The summed E-state index contributed by atoms with van der Waals surface area (Å²) in [4.78, 5) is 15.8. The molecule has 3 aromatic rings. The smallest absolute Gasteiger partial charge is 0.258 e. The number of aryl methyl sites for hydroxylation is 3. The molecular formula is C30H42N4O5. The van der Waals surface area contributed by atoms with Crippen LogP contribution in [0, 0.1) is 6.92 Å². The van der Waals surface area contributed by atoms with Gasteiger partial charge in [-0.25, -0.2) is 0 Å². The van der Waals surface area contributed by atoms with E-state index >= 15 is 0 Å². The summed E-state index contributed by atoms with van der Waals surface area (Å²) in [6, 6.07) is 10.3. The Hall–Kier alpha value is -3.27. The highest BCUT2D eigenvalue weighted by molar-refractivity contribution is 5.78. The first-order valence-corrected chi connectivity index (χ1v) is 13.8. The van der Waals surface area contributed by atoms with Crippen LogP contribution in [0.2, 0.25) is 0 Å². The molecule has 9 nitrogen and oxygen atoms in total. The lowest BCUT2D eigenvalue weighted by Crippen LogP contribution is -2.33. The molecule has 3 rings (SSSR count). The third-order valence-electron chi connectivity index (χ3n) is 6.53. The SMILES string of the molecule is CCCCNCc1cc(CCC)cc(-c2nc(-c3cc(C)c(OC[C@@H](O)CC(O)C(N)=O)c(CC)c3)no2)c1. The minimum absolute atomic E-state index is 0.0758. The molecule has 0 spiro atoms. The van der Waals surface area contributed by atoms with Crippen molar-refractivity contribution in [2.75, 3.05) is 13.2 Å². The summed E-state index contributed by atoms with van der Waals surface area (Å²) in [7, 11) is 0. The molecule has 212 valence electrons. The fourth-order valence-corrected chi connectivity index (χ4v) is 4.48. The maximum atomic E-state index is 11.1. The first-order valence-electron chi connectivity index (χ1n) is 13.8. The zero-order chi connectivity index (χ0) is 28.4. The number of amides is 1. The van der Waals surface area contributed by atoms with Crippen LogP contribution < -0.4 is 15.8 Å². The number of hydrogen-bond acceptors (Lipinski definition) is 8. The van der Waals surface area contributed by atoms with Crippen LogP contribution >= 0.6 is 0 Å². The molecular weight excluding hydrogens is 496 g/mol. The summed E-state index contributed by atoms with van der Waals surface area (Å²) in [6.45, 7) is 9.98. The third-order valence-corrected chi connectivity index (χ3v) is 6.53. The van der Waals surface area contributed by atoms with Crippen LogP contribution in [0.5, 0.6) is 5.75 Å². The predicted octanol–water partition coefficient (Wildman–Crippen LogP) is 4.09. The van der Waals surface area contributed by atoms with E-state index in [9.17, 15) is 15.0 Å². The van der Waals surface area contributed by atoms with Crippen molar-refractivity contribution in [2.24, 2.45) is 5.73 Å². The van der Waals surface area contributed by atoms with Crippen molar-refractivity contribution in [1.82, 2.24) is 15.5 Å². The number of rotatable bonds is 16. The number of primary amides is 1. The second-order valence-electron chi connectivity index (χ2n) is 10.00. The van der Waals surface area contributed by atoms with E-state index in [-0.39, 0.29) is 13.0 Å². The number of carbonyl (C=O) groups excluding carboxylic acids is 1. The van der Waals surface area contributed by atoms with Gasteiger partial charge in [0.25, 0.3) is 5.89 Å². The molecule has 0 saturated carbocycles. The normalized spacial score (nSPS) is 12.9. The van der Waals surface area contributed by atoms with Gasteiger partial charge < -0.3 is 30.5 Å². The minimum atomic E-state index is -1.42. The second kappa shape index (κ2) is 14.8. The maximum absolute atomic E-state index is 11.1. The lowest BCUT2D eigenvalue weighted by atomic mass is 10.0. The summed E-state index contributed by atoms with van der Waals surface area (Å²) in [5, 5.41) is 27.5. The molecule has 9 heteroatoms. The number of aromatic nitrogens is 2. The van der Waals surface area contributed by atoms with Gasteiger partial charge in [0.05, 0.1) is 6.10 Å². The predicted molar refractivity (Wildman–Crippen MR) is 151 cm³/mol. The van der Waals surface area contributed by atoms with Gasteiger partial charge in [-0.05, 0) is 79.3 Å². The number of ether oxygens (including phenoxy) is 1. The largest absolute Gasteiger partial charge is 0.490 e. The third kappa shape index (κ3) is 8.61. The van der Waals surface area contributed by atoms with E-state index in [1.54, 1.807) is 0 Å². The van der Waals surface area contributed by atoms with Gasteiger partial charge >= 0.3 is 0 Å². The van der Waals surface area contributed by atoms with Crippen molar-refractivity contribution in [3.05, 3.63) is 52.6 Å². The van der Waals surface area contributed by atoms with Gasteiger partial charge in [0.2, 0.25) is 11.7 Å². The molecule has 1 amide bonds. The highest BCUT2D eigenvalue weighted by atomic mass is 16.5. The number of aliphatic hydroxyl groups excluding tert-OH is 2. The van der Waals surface area contributed by atoms with Gasteiger partial charge in [-0.3, -0.25) is 4.79 Å². The van der Waals surface area contributed by atoms with Crippen molar-refractivity contribution < 1.29 is 24.3 Å². The summed E-state index contributed by atoms with van der Waals surface area (Å²) < 4.78 is 11.6. The number of nitrogens with two attached hydrogens (primary N) is 1. The van der Waals surface area contributed by atoms with E-state index < -0.39 is 18.1 Å². The van der Waals surface area contributed by atoms with Crippen LogP contribution in [0.15, 0.2) is 34.9 Å². The number of nitrogens with one attached hydrogen (secondary N) is 1. The van der Waals surface area contributed by atoms with E-state index in [2.05, 4.69) is 42.5 Å². The van der Waals surface area contributed by atoms with Crippen molar-refractivity contribution >= 4 is 5.91 Å². The Bertz CT molecular complexity index is 1230. The van der Waals surface area contributed by atoms with Gasteiger partial charge in [-0.15, -0.1) is 0 Å². The van der Waals surface area contributed by atoms with Gasteiger partial charge in [0.15, 0.2) is 0 Å². The molecule has 2 aromatic carbocycles. The standard InChI is InChI=1S/C30H42N4O5/c1-5-8-10-32-17-21-12-20(9-6-2)13-24(14-21)30-33-29(34-39-30)23-11-19(4)27(22(7-3)15-23)38-18-25(35)16-26(36)28(31)37/h11-15,25-26,32,35-36H,5-10,16-18H2,1-4H3,(H2,31,37)/t25-,26?/m0/s1. The Kier molecular flexibility index (Phi) is 11.5. The topological polar surface area (TPSA) is 144 Å². The molecule has 0 aliphatic rings. The molecule has 1 heterocycles. The van der Waals surface area contributed by atoms with E-state index in [1.807, 2.05) is 26.0 Å². The average molecular weight is 539 g/mol. The van der Waals surface area contributed by atoms with Gasteiger partial charge in [0.1, 0.15) is 18.5 Å². The highest BCUT2D eigenvalue weighted by Crippen LogP contribution is 2.32. The van der Waals surface area contributed by atoms with Crippen LogP contribution in [0.4, 0.5) is 0 Å². The Morgan fingerprint density at radius 1 is 1.08 bits per heavy atom. The second-order valence-corrected chi connectivity index (χ2v) is 10.00.